The quantitative estimate of drug-likeness (QED) is 0.812. The summed E-state index contributed by atoms with van der Waals surface area (Å²) in [5, 5.41) is 2.93. The molecule has 5 nitrogen and oxygen atoms in total. The fraction of sp³-hybridized carbons (Fsp3) is 0.467. The van der Waals surface area contributed by atoms with Crippen molar-refractivity contribution < 1.29 is 9.53 Å². The van der Waals surface area contributed by atoms with Crippen LogP contribution in [-0.2, 0) is 11.2 Å². The maximum Gasteiger partial charge on any atom is 0.270 e. The summed E-state index contributed by atoms with van der Waals surface area (Å²) in [6, 6.07) is 2.00. The van der Waals surface area contributed by atoms with E-state index in [1.54, 1.807) is 7.11 Å². The van der Waals surface area contributed by atoms with E-state index in [4.69, 9.17) is 4.74 Å². The van der Waals surface area contributed by atoms with Gasteiger partial charge in [-0.25, -0.2) is 4.98 Å². The molecule has 2 heterocycles. The van der Waals surface area contributed by atoms with Crippen LogP contribution >= 0.6 is 15.9 Å². The molecule has 2 aromatic heterocycles. The van der Waals surface area contributed by atoms with Crippen molar-refractivity contribution in [1.82, 2.24) is 14.7 Å². The van der Waals surface area contributed by atoms with E-state index in [-0.39, 0.29) is 5.91 Å². The molecule has 0 spiro atoms. The number of aryl methyl sites for hydroxylation is 2. The molecular weight excluding hydrogens is 334 g/mol. The second-order valence-electron chi connectivity index (χ2n) is 4.92. The molecule has 0 atom stereocenters. The first-order valence-corrected chi connectivity index (χ1v) is 7.82. The van der Waals surface area contributed by atoms with E-state index in [2.05, 4.69) is 26.2 Å². The molecular formula is C15H20BrN3O2. The van der Waals surface area contributed by atoms with Gasteiger partial charge in [-0.15, -0.1) is 0 Å². The molecule has 0 aliphatic carbocycles. The van der Waals surface area contributed by atoms with E-state index < -0.39 is 0 Å². The highest BCUT2D eigenvalue weighted by molar-refractivity contribution is 9.10. The molecule has 0 saturated carbocycles. The zero-order valence-electron chi connectivity index (χ0n) is 12.6. The highest BCUT2D eigenvalue weighted by Crippen LogP contribution is 2.22. The predicted molar refractivity (Wildman–Crippen MR) is 85.8 cm³/mol. The Hall–Kier alpha value is -1.40. The summed E-state index contributed by atoms with van der Waals surface area (Å²) in [4.78, 5) is 17.0. The van der Waals surface area contributed by atoms with Crippen molar-refractivity contribution in [3.05, 3.63) is 33.7 Å². The third-order valence-electron chi connectivity index (χ3n) is 3.24. The van der Waals surface area contributed by atoms with Crippen molar-refractivity contribution in [2.24, 2.45) is 0 Å². The van der Waals surface area contributed by atoms with Crippen LogP contribution in [0.2, 0.25) is 0 Å². The van der Waals surface area contributed by atoms with Crippen molar-refractivity contribution >= 4 is 27.5 Å². The molecule has 1 amide bonds. The number of carbonyl (C=O) groups excluding carboxylic acids is 1. The summed E-state index contributed by atoms with van der Waals surface area (Å²) in [5.74, 6) is -0.0899. The van der Waals surface area contributed by atoms with Crippen LogP contribution in [0.15, 0.2) is 16.7 Å². The van der Waals surface area contributed by atoms with Crippen molar-refractivity contribution in [2.75, 3.05) is 20.3 Å². The molecule has 114 valence electrons. The van der Waals surface area contributed by atoms with Gasteiger partial charge in [0, 0.05) is 26.5 Å². The van der Waals surface area contributed by atoms with Crippen LogP contribution in [0, 0.1) is 6.92 Å². The monoisotopic (exact) mass is 353 g/mol. The van der Waals surface area contributed by atoms with Gasteiger partial charge in [-0.1, -0.05) is 6.92 Å². The van der Waals surface area contributed by atoms with Gasteiger partial charge in [-0.3, -0.25) is 9.20 Å². The molecule has 0 saturated heterocycles. The number of fused-ring (bicyclic) bond motifs is 1. The first-order chi connectivity index (χ1) is 10.1. The molecule has 0 aromatic carbocycles. The lowest BCUT2D eigenvalue weighted by Gasteiger charge is -2.07. The Morgan fingerprint density at radius 3 is 2.95 bits per heavy atom. The standard InChI is InChI=1S/C15H20BrN3O2/c1-4-12-13(15(20)17-6-5-7-21-3)19-9-10(2)8-11(16)14(19)18-12/h8-9H,4-7H2,1-3H3,(H,17,20). The fourth-order valence-corrected chi connectivity index (χ4v) is 2.91. The van der Waals surface area contributed by atoms with Crippen molar-refractivity contribution in [2.45, 2.75) is 26.7 Å². The Morgan fingerprint density at radius 1 is 1.52 bits per heavy atom. The molecule has 0 unspecified atom stereocenters. The smallest absolute Gasteiger partial charge is 0.270 e. The number of hydrogen-bond donors (Lipinski definition) is 1. The van der Waals surface area contributed by atoms with E-state index >= 15 is 0 Å². The zero-order chi connectivity index (χ0) is 15.4. The number of nitrogens with zero attached hydrogens (tertiary/aromatic N) is 2. The first kappa shape index (κ1) is 16.0. The van der Waals surface area contributed by atoms with Crippen molar-refractivity contribution in [1.29, 1.82) is 0 Å². The lowest BCUT2D eigenvalue weighted by Crippen LogP contribution is -2.27. The number of rotatable bonds is 6. The van der Waals surface area contributed by atoms with Gasteiger partial charge in [0.25, 0.3) is 5.91 Å². The van der Waals surface area contributed by atoms with Gasteiger partial charge in [0.2, 0.25) is 0 Å². The molecule has 0 aliphatic rings. The Bertz CT molecular complexity index is 652. The number of nitrogens with one attached hydrogen (secondary N) is 1. The summed E-state index contributed by atoms with van der Waals surface area (Å²) in [7, 11) is 1.65. The lowest BCUT2D eigenvalue weighted by molar-refractivity contribution is 0.0941. The molecule has 6 heteroatoms. The van der Waals surface area contributed by atoms with E-state index in [0.29, 0.717) is 25.3 Å². The number of carbonyl (C=O) groups is 1. The Morgan fingerprint density at radius 2 is 2.29 bits per heavy atom. The van der Waals surface area contributed by atoms with Crippen molar-refractivity contribution in [3.63, 3.8) is 0 Å². The van der Waals surface area contributed by atoms with E-state index in [1.807, 2.05) is 30.5 Å². The van der Waals surface area contributed by atoms with Gasteiger partial charge in [0.1, 0.15) is 5.69 Å². The number of hydrogen-bond acceptors (Lipinski definition) is 3. The summed E-state index contributed by atoms with van der Waals surface area (Å²) in [6.07, 6.45) is 3.45. The van der Waals surface area contributed by atoms with Gasteiger partial charge >= 0.3 is 0 Å². The Kier molecular flexibility index (Phi) is 5.36. The number of imidazole rings is 1. The highest BCUT2D eigenvalue weighted by Gasteiger charge is 2.19. The molecule has 0 bridgehead atoms. The second kappa shape index (κ2) is 7.04. The van der Waals surface area contributed by atoms with Crippen LogP contribution in [0.3, 0.4) is 0 Å². The van der Waals surface area contributed by atoms with Crippen molar-refractivity contribution in [3.8, 4) is 0 Å². The van der Waals surface area contributed by atoms with Crippen LogP contribution in [0.25, 0.3) is 5.65 Å². The third-order valence-corrected chi connectivity index (χ3v) is 3.83. The summed E-state index contributed by atoms with van der Waals surface area (Å²) >= 11 is 3.52. The molecule has 21 heavy (non-hydrogen) atoms. The van der Waals surface area contributed by atoms with E-state index in [9.17, 15) is 4.79 Å². The van der Waals surface area contributed by atoms with Gasteiger partial charge in [-0.2, -0.15) is 0 Å². The lowest BCUT2D eigenvalue weighted by atomic mass is 10.2. The number of methoxy groups -OCH3 is 1. The molecule has 0 aliphatic heterocycles. The summed E-state index contributed by atoms with van der Waals surface area (Å²) in [5.41, 5.74) is 3.28. The van der Waals surface area contributed by atoms with Gasteiger partial charge < -0.3 is 10.1 Å². The van der Waals surface area contributed by atoms with Crippen LogP contribution in [0.4, 0.5) is 0 Å². The summed E-state index contributed by atoms with van der Waals surface area (Å²) in [6.45, 7) is 5.23. The van der Waals surface area contributed by atoms with Gasteiger partial charge in [-0.05, 0) is 47.3 Å². The second-order valence-corrected chi connectivity index (χ2v) is 5.78. The number of aromatic nitrogens is 2. The van der Waals surface area contributed by atoms with Crippen LogP contribution in [0.1, 0.15) is 35.1 Å². The topological polar surface area (TPSA) is 55.6 Å². The molecule has 0 fully saturated rings. The molecule has 0 radical (unpaired) electrons. The largest absolute Gasteiger partial charge is 0.385 e. The average molecular weight is 354 g/mol. The maximum atomic E-state index is 12.5. The minimum atomic E-state index is -0.0899. The Labute approximate surface area is 132 Å². The van der Waals surface area contributed by atoms with Crippen LogP contribution < -0.4 is 5.32 Å². The first-order valence-electron chi connectivity index (χ1n) is 7.02. The fourth-order valence-electron chi connectivity index (χ4n) is 2.27. The molecule has 1 N–H and O–H groups in total. The Balaban J connectivity index is 2.35. The average Bonchev–Trinajstić information content (AvgIpc) is 2.82. The van der Waals surface area contributed by atoms with Gasteiger partial charge in [0.05, 0.1) is 10.2 Å². The normalized spacial score (nSPS) is 11.0. The third kappa shape index (κ3) is 3.44. The number of pyridine rings is 1. The number of ether oxygens (including phenoxy) is 1. The minimum absolute atomic E-state index is 0.0899. The SMILES string of the molecule is CCc1nc2c(Br)cc(C)cn2c1C(=O)NCCCOC. The predicted octanol–water partition coefficient (Wildman–Crippen LogP) is 2.73. The highest BCUT2D eigenvalue weighted by atomic mass is 79.9. The summed E-state index contributed by atoms with van der Waals surface area (Å²) < 4.78 is 7.75. The van der Waals surface area contributed by atoms with E-state index in [0.717, 1.165) is 27.8 Å². The van der Waals surface area contributed by atoms with Gasteiger partial charge in [0.15, 0.2) is 5.65 Å². The number of amides is 1. The zero-order valence-corrected chi connectivity index (χ0v) is 14.2. The van der Waals surface area contributed by atoms with Crippen LogP contribution in [-0.4, -0.2) is 35.6 Å². The molecule has 2 rings (SSSR count). The minimum Gasteiger partial charge on any atom is -0.385 e. The number of halogens is 1. The molecule has 2 aromatic rings. The van der Waals surface area contributed by atoms with Crippen LogP contribution in [0.5, 0.6) is 0 Å². The maximum absolute atomic E-state index is 12.5. The van der Waals surface area contributed by atoms with E-state index in [1.165, 1.54) is 0 Å².